The Morgan fingerprint density at radius 2 is 2.05 bits per heavy atom. The Hall–Kier alpha value is -1.55. The summed E-state index contributed by atoms with van der Waals surface area (Å²) in [5, 5.41) is 13.1. The highest BCUT2D eigenvalue weighted by Crippen LogP contribution is 2.28. The summed E-state index contributed by atoms with van der Waals surface area (Å²) < 4.78 is 0. The van der Waals surface area contributed by atoms with Gasteiger partial charge in [0.15, 0.2) is 0 Å². The van der Waals surface area contributed by atoms with Gasteiger partial charge < -0.3 is 10.4 Å². The molecule has 0 bridgehead atoms. The second-order valence-electron chi connectivity index (χ2n) is 5.29. The van der Waals surface area contributed by atoms with Crippen LogP contribution in [0.25, 0.3) is 0 Å². The first kappa shape index (κ1) is 12.5. The lowest BCUT2D eigenvalue weighted by atomic mass is 10.0. The third kappa shape index (κ3) is 2.73. The predicted octanol–water partition coefficient (Wildman–Crippen LogP) is 1.92. The zero-order valence-electron chi connectivity index (χ0n) is 11.2. The van der Waals surface area contributed by atoms with Crippen molar-refractivity contribution in [2.45, 2.75) is 25.3 Å². The number of hydrogen-bond donors (Lipinski definition) is 2. The van der Waals surface area contributed by atoms with Gasteiger partial charge in [-0.25, -0.2) is 0 Å². The maximum atomic E-state index is 9.72. The molecular formula is C15H21N3O. The van der Waals surface area contributed by atoms with Gasteiger partial charge >= 0.3 is 0 Å². The Balaban J connectivity index is 1.91. The van der Waals surface area contributed by atoms with Crippen molar-refractivity contribution in [3.8, 4) is 5.75 Å². The normalized spacial score (nSPS) is 21.8. The van der Waals surface area contributed by atoms with Crippen LogP contribution in [0.2, 0.25) is 0 Å². The molecule has 0 amide bonds. The van der Waals surface area contributed by atoms with E-state index >= 15 is 0 Å². The van der Waals surface area contributed by atoms with Crippen LogP contribution in [0.5, 0.6) is 5.75 Å². The molecule has 1 aromatic carbocycles. The maximum Gasteiger partial charge on any atom is 0.119 e. The molecule has 0 spiro atoms. The Morgan fingerprint density at radius 1 is 1.21 bits per heavy atom. The van der Waals surface area contributed by atoms with Crippen molar-refractivity contribution in [3.63, 3.8) is 0 Å². The molecule has 1 atom stereocenters. The van der Waals surface area contributed by atoms with Crippen LogP contribution in [0.1, 0.15) is 30.9 Å². The standard InChI is InChI=1S/C15H21N3O/c19-13-6-4-5-12(11-13)14(15-16-7-8-17-15)18-9-2-1-3-10-18/h4-6,11,14,19H,1-3,7-10H2,(H,16,17). The van der Waals surface area contributed by atoms with Gasteiger partial charge in [-0.05, 0) is 43.6 Å². The minimum Gasteiger partial charge on any atom is -0.508 e. The van der Waals surface area contributed by atoms with Crippen molar-refractivity contribution in [2.75, 3.05) is 26.2 Å². The SMILES string of the molecule is Oc1cccc(C(C2=NCCN2)N2CCCCC2)c1. The number of aromatic hydroxyl groups is 1. The summed E-state index contributed by atoms with van der Waals surface area (Å²) in [6.07, 6.45) is 3.83. The van der Waals surface area contributed by atoms with Gasteiger partial charge in [0.25, 0.3) is 0 Å². The number of aliphatic imine (C=N–C) groups is 1. The Labute approximate surface area is 114 Å². The Kier molecular flexibility index (Phi) is 3.69. The minimum atomic E-state index is 0.176. The van der Waals surface area contributed by atoms with E-state index in [9.17, 15) is 5.11 Å². The molecule has 0 aromatic heterocycles. The highest BCUT2D eigenvalue weighted by molar-refractivity contribution is 5.89. The average Bonchev–Trinajstić information content (AvgIpc) is 2.94. The molecule has 0 radical (unpaired) electrons. The van der Waals surface area contributed by atoms with Gasteiger partial charge in [-0.15, -0.1) is 0 Å². The fourth-order valence-corrected chi connectivity index (χ4v) is 3.01. The highest BCUT2D eigenvalue weighted by atomic mass is 16.3. The molecule has 1 unspecified atom stereocenters. The first-order chi connectivity index (χ1) is 9.34. The monoisotopic (exact) mass is 259 g/mol. The van der Waals surface area contributed by atoms with Crippen molar-refractivity contribution in [2.24, 2.45) is 4.99 Å². The van der Waals surface area contributed by atoms with Crippen LogP contribution in [0, 0.1) is 0 Å². The molecule has 0 aliphatic carbocycles. The fraction of sp³-hybridized carbons (Fsp3) is 0.533. The van der Waals surface area contributed by atoms with E-state index in [2.05, 4.69) is 21.3 Å². The third-order valence-corrected chi connectivity index (χ3v) is 3.90. The number of likely N-dealkylation sites (tertiary alicyclic amines) is 1. The summed E-state index contributed by atoms with van der Waals surface area (Å²) in [6, 6.07) is 7.76. The molecule has 0 saturated carbocycles. The van der Waals surface area contributed by atoms with Gasteiger partial charge in [0.2, 0.25) is 0 Å². The summed E-state index contributed by atoms with van der Waals surface area (Å²) in [5.74, 6) is 1.39. The molecule has 2 heterocycles. The zero-order chi connectivity index (χ0) is 13.1. The van der Waals surface area contributed by atoms with Crippen LogP contribution in [-0.4, -0.2) is 42.0 Å². The first-order valence-electron chi connectivity index (χ1n) is 7.16. The van der Waals surface area contributed by atoms with E-state index in [1.165, 1.54) is 19.3 Å². The van der Waals surface area contributed by atoms with Gasteiger partial charge in [0, 0.05) is 6.54 Å². The fourth-order valence-electron chi connectivity index (χ4n) is 3.01. The van der Waals surface area contributed by atoms with E-state index in [0.717, 1.165) is 37.6 Å². The van der Waals surface area contributed by atoms with Gasteiger partial charge in [-0.1, -0.05) is 18.6 Å². The summed E-state index contributed by atoms with van der Waals surface area (Å²) >= 11 is 0. The van der Waals surface area contributed by atoms with E-state index in [4.69, 9.17) is 0 Å². The quantitative estimate of drug-likeness (QED) is 0.872. The predicted molar refractivity (Wildman–Crippen MR) is 76.6 cm³/mol. The summed E-state index contributed by atoms with van der Waals surface area (Å²) in [6.45, 7) is 4.01. The minimum absolute atomic E-state index is 0.176. The molecular weight excluding hydrogens is 238 g/mol. The van der Waals surface area contributed by atoms with Crippen LogP contribution >= 0.6 is 0 Å². The maximum absolute atomic E-state index is 9.72. The van der Waals surface area contributed by atoms with Crippen LogP contribution in [0.4, 0.5) is 0 Å². The van der Waals surface area contributed by atoms with Gasteiger partial charge in [0.1, 0.15) is 11.6 Å². The number of nitrogens with zero attached hydrogens (tertiary/aromatic N) is 2. The molecule has 1 saturated heterocycles. The lowest BCUT2D eigenvalue weighted by molar-refractivity contribution is 0.200. The number of hydrogen-bond acceptors (Lipinski definition) is 4. The van der Waals surface area contributed by atoms with Crippen LogP contribution in [0.15, 0.2) is 29.3 Å². The summed E-state index contributed by atoms with van der Waals surface area (Å²) in [7, 11) is 0. The molecule has 1 aromatic rings. The number of amidine groups is 1. The number of rotatable bonds is 3. The smallest absolute Gasteiger partial charge is 0.119 e. The van der Waals surface area contributed by atoms with Gasteiger partial charge in [-0.2, -0.15) is 0 Å². The van der Waals surface area contributed by atoms with Gasteiger partial charge in [-0.3, -0.25) is 9.89 Å². The third-order valence-electron chi connectivity index (χ3n) is 3.90. The molecule has 2 aliphatic rings. The van der Waals surface area contributed by atoms with Crippen molar-refractivity contribution < 1.29 is 5.11 Å². The van der Waals surface area contributed by atoms with Crippen LogP contribution in [0.3, 0.4) is 0 Å². The molecule has 1 fully saturated rings. The van der Waals surface area contributed by atoms with Crippen LogP contribution in [-0.2, 0) is 0 Å². The number of phenols is 1. The van der Waals surface area contributed by atoms with Crippen molar-refractivity contribution in [3.05, 3.63) is 29.8 Å². The first-order valence-corrected chi connectivity index (χ1v) is 7.16. The Bertz CT molecular complexity index is 466. The summed E-state index contributed by atoms with van der Waals surface area (Å²) in [4.78, 5) is 7.08. The Morgan fingerprint density at radius 3 is 2.74 bits per heavy atom. The van der Waals surface area contributed by atoms with E-state index in [1.54, 1.807) is 6.07 Å². The van der Waals surface area contributed by atoms with Gasteiger partial charge in [0.05, 0.1) is 12.6 Å². The lowest BCUT2D eigenvalue weighted by Gasteiger charge is -2.34. The number of benzene rings is 1. The van der Waals surface area contributed by atoms with Crippen molar-refractivity contribution in [1.82, 2.24) is 10.2 Å². The second-order valence-corrected chi connectivity index (χ2v) is 5.29. The topological polar surface area (TPSA) is 47.9 Å². The summed E-state index contributed by atoms with van der Waals surface area (Å²) in [5.41, 5.74) is 1.13. The molecule has 4 nitrogen and oxygen atoms in total. The van der Waals surface area contributed by atoms with Crippen LogP contribution < -0.4 is 5.32 Å². The largest absolute Gasteiger partial charge is 0.508 e. The average molecular weight is 259 g/mol. The molecule has 102 valence electrons. The van der Waals surface area contributed by atoms with E-state index in [1.807, 2.05) is 12.1 Å². The van der Waals surface area contributed by atoms with Crippen molar-refractivity contribution in [1.29, 1.82) is 0 Å². The lowest BCUT2D eigenvalue weighted by Crippen LogP contribution is -2.41. The molecule has 3 rings (SSSR count). The van der Waals surface area contributed by atoms with E-state index in [0.29, 0.717) is 5.75 Å². The number of nitrogens with one attached hydrogen (secondary N) is 1. The highest BCUT2D eigenvalue weighted by Gasteiger charge is 2.28. The van der Waals surface area contributed by atoms with E-state index in [-0.39, 0.29) is 6.04 Å². The molecule has 2 aliphatic heterocycles. The van der Waals surface area contributed by atoms with E-state index < -0.39 is 0 Å². The number of piperidine rings is 1. The molecule has 19 heavy (non-hydrogen) atoms. The molecule has 2 N–H and O–H groups in total. The number of phenolic OH excluding ortho intramolecular Hbond substituents is 1. The second kappa shape index (κ2) is 5.61. The van der Waals surface area contributed by atoms with Crippen molar-refractivity contribution >= 4 is 5.84 Å². The zero-order valence-corrected chi connectivity index (χ0v) is 11.2. The molecule has 4 heteroatoms.